The highest BCUT2D eigenvalue weighted by Crippen LogP contribution is 2.30. The van der Waals surface area contributed by atoms with E-state index in [1.165, 1.54) is 11.3 Å². The molecule has 0 saturated heterocycles. The Hall–Kier alpha value is -2.55. The van der Waals surface area contributed by atoms with Crippen LogP contribution >= 0.6 is 0 Å². The van der Waals surface area contributed by atoms with Crippen LogP contribution in [0.5, 0.6) is 0 Å². The minimum absolute atomic E-state index is 0.157. The maximum atomic E-state index is 13.1. The Labute approximate surface area is 135 Å². The highest BCUT2D eigenvalue weighted by Gasteiger charge is 2.27. The van der Waals surface area contributed by atoms with Crippen LogP contribution in [0.15, 0.2) is 54.7 Å². The molecule has 3 heteroatoms. The number of ketones is 1. The molecule has 3 aromatic rings. The van der Waals surface area contributed by atoms with Crippen LogP contribution in [0.1, 0.15) is 29.3 Å². The van der Waals surface area contributed by atoms with E-state index in [1.807, 2.05) is 37.4 Å². The van der Waals surface area contributed by atoms with Crippen LogP contribution in [0.3, 0.4) is 0 Å². The van der Waals surface area contributed by atoms with Crippen LogP contribution in [-0.4, -0.2) is 23.4 Å². The van der Waals surface area contributed by atoms with Crippen LogP contribution in [0.4, 0.5) is 5.69 Å². The number of nitrogens with one attached hydrogen (secondary N) is 1. The van der Waals surface area contributed by atoms with E-state index in [0.29, 0.717) is 0 Å². The third kappa shape index (κ3) is 2.33. The van der Waals surface area contributed by atoms with Gasteiger partial charge in [-0.05, 0) is 37.5 Å². The molecule has 2 aromatic carbocycles. The predicted molar refractivity (Wildman–Crippen MR) is 94.2 cm³/mol. The van der Waals surface area contributed by atoms with Gasteiger partial charge in [0.05, 0.1) is 6.04 Å². The van der Waals surface area contributed by atoms with Gasteiger partial charge in [0.25, 0.3) is 0 Å². The van der Waals surface area contributed by atoms with Crippen molar-refractivity contribution >= 4 is 22.4 Å². The van der Waals surface area contributed by atoms with E-state index in [-0.39, 0.29) is 11.8 Å². The fourth-order valence-corrected chi connectivity index (χ4v) is 3.61. The van der Waals surface area contributed by atoms with Crippen molar-refractivity contribution in [1.29, 1.82) is 0 Å². The van der Waals surface area contributed by atoms with Crippen LogP contribution in [0.25, 0.3) is 10.9 Å². The summed E-state index contributed by atoms with van der Waals surface area (Å²) in [5.41, 5.74) is 4.36. The number of benzene rings is 2. The predicted octanol–water partition coefficient (Wildman–Crippen LogP) is 4.19. The molecule has 4 rings (SSSR count). The topological polar surface area (TPSA) is 36.1 Å². The Balaban J connectivity index is 1.70. The molecule has 1 aromatic heterocycles. The van der Waals surface area contributed by atoms with Gasteiger partial charge in [-0.15, -0.1) is 0 Å². The molecule has 0 spiro atoms. The summed E-state index contributed by atoms with van der Waals surface area (Å²) in [6, 6.07) is 16.3. The second-order valence-electron chi connectivity index (χ2n) is 6.21. The lowest BCUT2D eigenvalue weighted by Gasteiger charge is -2.35. The van der Waals surface area contributed by atoms with Crippen molar-refractivity contribution in [2.45, 2.75) is 25.8 Å². The zero-order valence-corrected chi connectivity index (χ0v) is 13.3. The number of aromatic amines is 1. The van der Waals surface area contributed by atoms with Crippen molar-refractivity contribution < 1.29 is 4.79 Å². The molecular weight excluding hydrogens is 284 g/mol. The average molecular weight is 304 g/mol. The highest BCUT2D eigenvalue weighted by molar-refractivity contribution is 6.11. The molecule has 1 aliphatic heterocycles. The highest BCUT2D eigenvalue weighted by atomic mass is 16.1. The molecule has 0 unspecified atom stereocenters. The summed E-state index contributed by atoms with van der Waals surface area (Å²) in [5.74, 6) is 0.180. The van der Waals surface area contributed by atoms with Gasteiger partial charge < -0.3 is 9.88 Å². The smallest absolute Gasteiger partial charge is 0.187 e. The van der Waals surface area contributed by atoms with E-state index in [0.717, 1.165) is 35.9 Å². The maximum absolute atomic E-state index is 13.1. The number of aromatic nitrogens is 1. The molecule has 0 radical (unpaired) electrons. The molecule has 1 aliphatic rings. The summed E-state index contributed by atoms with van der Waals surface area (Å²) in [6.07, 6.45) is 4.04. The number of nitrogens with zero attached hydrogens (tertiary/aromatic N) is 1. The molecule has 116 valence electrons. The first-order valence-corrected chi connectivity index (χ1v) is 8.20. The SMILES string of the molecule is C[C@@H](C(=O)c1c[nH]c2ccccc12)N1CCCc2ccccc21. The molecule has 0 bridgehead atoms. The van der Waals surface area contributed by atoms with E-state index < -0.39 is 0 Å². The van der Waals surface area contributed by atoms with Crippen molar-refractivity contribution in [2.24, 2.45) is 0 Å². The number of aryl methyl sites for hydroxylation is 1. The van der Waals surface area contributed by atoms with Crippen LogP contribution in [-0.2, 0) is 6.42 Å². The van der Waals surface area contributed by atoms with Crippen LogP contribution in [0, 0.1) is 0 Å². The van der Waals surface area contributed by atoms with Gasteiger partial charge in [0.1, 0.15) is 0 Å². The Morgan fingerprint density at radius 2 is 1.91 bits per heavy atom. The van der Waals surface area contributed by atoms with Gasteiger partial charge in [-0.25, -0.2) is 0 Å². The number of hydrogen-bond donors (Lipinski definition) is 1. The number of H-pyrrole nitrogens is 1. The normalized spacial score (nSPS) is 15.4. The molecule has 0 saturated carbocycles. The van der Waals surface area contributed by atoms with Crippen molar-refractivity contribution in [3.63, 3.8) is 0 Å². The van der Waals surface area contributed by atoms with E-state index in [9.17, 15) is 4.79 Å². The lowest BCUT2D eigenvalue weighted by molar-refractivity contribution is 0.0965. The van der Waals surface area contributed by atoms with Crippen molar-refractivity contribution in [2.75, 3.05) is 11.4 Å². The standard InChI is InChI=1S/C20H20N2O/c1-14(22-12-6-8-15-7-2-5-11-19(15)22)20(23)17-13-21-18-10-4-3-9-16(17)18/h2-5,7,9-11,13-14,21H,6,8,12H2,1H3/t14-/m0/s1. The van der Waals surface area contributed by atoms with Crippen molar-refractivity contribution in [1.82, 2.24) is 4.98 Å². The van der Waals surface area contributed by atoms with E-state index in [2.05, 4.69) is 34.1 Å². The number of Topliss-reactive ketones (excluding diaryl/α,β-unsaturated/α-hetero) is 1. The van der Waals surface area contributed by atoms with Gasteiger partial charge in [-0.1, -0.05) is 36.4 Å². The zero-order chi connectivity index (χ0) is 15.8. The molecule has 23 heavy (non-hydrogen) atoms. The Bertz CT molecular complexity index is 865. The quantitative estimate of drug-likeness (QED) is 0.736. The number of fused-ring (bicyclic) bond motifs is 2. The van der Waals surface area contributed by atoms with Gasteiger partial charge in [-0.3, -0.25) is 4.79 Å². The van der Waals surface area contributed by atoms with Crippen molar-refractivity contribution in [3.8, 4) is 0 Å². The summed E-state index contributed by atoms with van der Waals surface area (Å²) >= 11 is 0. The number of para-hydroxylation sites is 2. The first-order chi connectivity index (χ1) is 11.3. The first-order valence-electron chi connectivity index (χ1n) is 8.20. The molecule has 2 heterocycles. The second kappa shape index (κ2) is 5.58. The Morgan fingerprint density at radius 1 is 1.13 bits per heavy atom. The van der Waals surface area contributed by atoms with Gasteiger partial charge >= 0.3 is 0 Å². The van der Waals surface area contributed by atoms with Crippen LogP contribution in [0.2, 0.25) is 0 Å². The molecule has 0 aliphatic carbocycles. The number of rotatable bonds is 3. The summed E-state index contributed by atoms with van der Waals surface area (Å²) in [6.45, 7) is 2.96. The maximum Gasteiger partial charge on any atom is 0.187 e. The minimum atomic E-state index is -0.157. The van der Waals surface area contributed by atoms with E-state index >= 15 is 0 Å². The lowest BCUT2D eigenvalue weighted by atomic mass is 9.97. The van der Waals surface area contributed by atoms with Gasteiger partial charge in [0.2, 0.25) is 0 Å². The summed E-state index contributed by atoms with van der Waals surface area (Å²) < 4.78 is 0. The van der Waals surface area contributed by atoms with E-state index in [1.54, 1.807) is 0 Å². The lowest BCUT2D eigenvalue weighted by Crippen LogP contribution is -2.42. The number of carbonyl (C=O) groups is 1. The number of anilines is 1. The van der Waals surface area contributed by atoms with Crippen LogP contribution < -0.4 is 4.90 Å². The zero-order valence-electron chi connectivity index (χ0n) is 13.3. The summed E-state index contributed by atoms with van der Waals surface area (Å²) in [5, 5.41) is 1.01. The monoisotopic (exact) mass is 304 g/mol. The van der Waals surface area contributed by atoms with Gasteiger partial charge in [0, 0.05) is 34.9 Å². The van der Waals surface area contributed by atoms with E-state index in [4.69, 9.17) is 0 Å². The third-order valence-electron chi connectivity index (χ3n) is 4.85. The summed E-state index contributed by atoms with van der Waals surface area (Å²) in [4.78, 5) is 18.5. The molecule has 1 atom stereocenters. The first kappa shape index (κ1) is 14.1. The molecular formula is C20H20N2O. The number of carbonyl (C=O) groups excluding carboxylic acids is 1. The average Bonchev–Trinajstić information content (AvgIpc) is 3.04. The van der Waals surface area contributed by atoms with Crippen molar-refractivity contribution in [3.05, 3.63) is 65.9 Å². The fraction of sp³-hybridized carbons (Fsp3) is 0.250. The molecule has 0 fully saturated rings. The largest absolute Gasteiger partial charge is 0.361 e. The Morgan fingerprint density at radius 3 is 2.83 bits per heavy atom. The van der Waals surface area contributed by atoms with Gasteiger partial charge in [-0.2, -0.15) is 0 Å². The molecule has 3 nitrogen and oxygen atoms in total. The Kier molecular flexibility index (Phi) is 3.41. The summed E-state index contributed by atoms with van der Waals surface area (Å²) in [7, 11) is 0. The second-order valence-corrected chi connectivity index (χ2v) is 6.21. The van der Waals surface area contributed by atoms with Gasteiger partial charge in [0.15, 0.2) is 5.78 Å². The minimum Gasteiger partial charge on any atom is -0.361 e. The number of hydrogen-bond acceptors (Lipinski definition) is 2. The molecule has 1 N–H and O–H groups in total. The fourth-order valence-electron chi connectivity index (χ4n) is 3.61. The third-order valence-corrected chi connectivity index (χ3v) is 4.85. The molecule has 0 amide bonds.